The molecule has 2 aromatic rings. The fourth-order valence-electron chi connectivity index (χ4n) is 2.09. The Morgan fingerprint density at radius 3 is 2.57 bits per heavy atom. The van der Waals surface area contributed by atoms with Gasteiger partial charge in [-0.15, -0.1) is 0 Å². The van der Waals surface area contributed by atoms with Crippen LogP contribution in [0.15, 0.2) is 30.3 Å². The van der Waals surface area contributed by atoms with Crippen LogP contribution in [0.1, 0.15) is 18.3 Å². The molecule has 2 amide bonds. The third-order valence-electron chi connectivity index (χ3n) is 3.03. The second-order valence-corrected chi connectivity index (χ2v) is 5.55. The van der Waals surface area contributed by atoms with Gasteiger partial charge in [0.05, 0.1) is 12.2 Å². The van der Waals surface area contributed by atoms with Crippen molar-refractivity contribution in [2.75, 3.05) is 5.32 Å². The number of hydrogen-bond donors (Lipinski definition) is 2. The van der Waals surface area contributed by atoms with Crippen LogP contribution in [-0.2, 0) is 6.54 Å². The average Bonchev–Trinajstić information content (AvgIpc) is 2.70. The predicted octanol–water partition coefficient (Wildman–Crippen LogP) is 3.36. The van der Waals surface area contributed by atoms with E-state index in [9.17, 15) is 4.79 Å². The molecule has 21 heavy (non-hydrogen) atoms. The van der Waals surface area contributed by atoms with Gasteiger partial charge in [-0.2, -0.15) is 5.10 Å². The Hall–Kier alpha value is -2.01. The molecule has 0 aliphatic carbocycles. The molecule has 2 rings (SSSR count). The van der Waals surface area contributed by atoms with Gasteiger partial charge in [0, 0.05) is 22.4 Å². The van der Waals surface area contributed by atoms with Crippen LogP contribution in [0.4, 0.5) is 10.5 Å². The van der Waals surface area contributed by atoms with Crippen molar-refractivity contribution in [3.05, 3.63) is 46.7 Å². The Labute approximate surface area is 129 Å². The highest BCUT2D eigenvalue weighted by Gasteiger charge is 2.10. The number of nitrogens with zero attached hydrogens (tertiary/aromatic N) is 2. The number of halogens is 1. The Kier molecular flexibility index (Phi) is 4.85. The number of urea groups is 1. The molecule has 2 N–H and O–H groups in total. The zero-order valence-electron chi connectivity index (χ0n) is 12.4. The summed E-state index contributed by atoms with van der Waals surface area (Å²) < 4.78 is 1.89. The fraction of sp³-hybridized carbons (Fsp3) is 0.333. The molecule has 0 aliphatic rings. The minimum atomic E-state index is -0.244. The molecule has 0 fully saturated rings. The minimum absolute atomic E-state index is 0.0321. The number of carbonyl (C=O) groups is 1. The molecule has 5 nitrogen and oxygen atoms in total. The predicted molar refractivity (Wildman–Crippen MR) is 84.8 cm³/mol. The lowest BCUT2D eigenvalue weighted by Gasteiger charge is -2.15. The summed E-state index contributed by atoms with van der Waals surface area (Å²) in [5.41, 5.74) is 2.76. The number of anilines is 1. The van der Waals surface area contributed by atoms with Crippen LogP contribution in [0, 0.1) is 13.8 Å². The number of nitrogens with one attached hydrogen (secondary N) is 2. The van der Waals surface area contributed by atoms with Crippen molar-refractivity contribution in [1.82, 2.24) is 15.1 Å². The molecule has 0 saturated heterocycles. The normalized spacial score (nSPS) is 12.0. The van der Waals surface area contributed by atoms with Gasteiger partial charge in [0.1, 0.15) is 0 Å². The molecule has 0 saturated carbocycles. The van der Waals surface area contributed by atoms with Gasteiger partial charge in [-0.25, -0.2) is 4.79 Å². The number of carbonyl (C=O) groups excluding carboxylic acids is 1. The second-order valence-electron chi connectivity index (χ2n) is 5.12. The molecular weight excluding hydrogens is 288 g/mol. The monoisotopic (exact) mass is 306 g/mol. The summed E-state index contributed by atoms with van der Waals surface area (Å²) in [6.45, 7) is 6.53. The topological polar surface area (TPSA) is 59.0 Å². The maximum atomic E-state index is 11.9. The van der Waals surface area contributed by atoms with Gasteiger partial charge in [-0.3, -0.25) is 4.68 Å². The molecular formula is C15H19ClN4O. The third-order valence-corrected chi connectivity index (χ3v) is 3.28. The molecule has 6 heteroatoms. The molecule has 1 aromatic heterocycles. The smallest absolute Gasteiger partial charge is 0.319 e. The van der Waals surface area contributed by atoms with E-state index < -0.39 is 0 Å². The molecule has 0 bridgehead atoms. The zero-order chi connectivity index (χ0) is 15.4. The van der Waals surface area contributed by atoms with Crippen LogP contribution in [0.2, 0.25) is 5.02 Å². The summed E-state index contributed by atoms with van der Waals surface area (Å²) in [6.07, 6.45) is 0. The molecule has 1 aromatic carbocycles. The summed E-state index contributed by atoms with van der Waals surface area (Å²) in [4.78, 5) is 11.9. The largest absolute Gasteiger partial charge is 0.334 e. The first-order chi connectivity index (χ1) is 9.94. The Balaban J connectivity index is 1.87. The SMILES string of the molecule is Cc1cc(C)n(C[C@H](C)NC(=O)Nc2ccc(Cl)cc2)n1. The highest BCUT2D eigenvalue weighted by molar-refractivity contribution is 6.30. The van der Waals surface area contributed by atoms with Gasteiger partial charge < -0.3 is 10.6 Å². The van der Waals surface area contributed by atoms with E-state index in [-0.39, 0.29) is 12.1 Å². The summed E-state index contributed by atoms with van der Waals surface area (Å²) in [7, 11) is 0. The first-order valence-corrected chi connectivity index (χ1v) is 7.16. The number of aromatic nitrogens is 2. The van der Waals surface area contributed by atoms with Crippen molar-refractivity contribution in [3.63, 3.8) is 0 Å². The molecule has 1 atom stereocenters. The lowest BCUT2D eigenvalue weighted by atomic mass is 10.3. The molecule has 112 valence electrons. The highest BCUT2D eigenvalue weighted by atomic mass is 35.5. The van der Waals surface area contributed by atoms with Gasteiger partial charge in [0.2, 0.25) is 0 Å². The van der Waals surface area contributed by atoms with E-state index in [0.717, 1.165) is 11.4 Å². The summed E-state index contributed by atoms with van der Waals surface area (Å²) in [6, 6.07) is 8.72. The molecule has 0 aliphatic heterocycles. The van der Waals surface area contributed by atoms with E-state index in [1.807, 2.05) is 31.5 Å². The lowest BCUT2D eigenvalue weighted by Crippen LogP contribution is -2.38. The van der Waals surface area contributed by atoms with E-state index in [1.165, 1.54) is 0 Å². The lowest BCUT2D eigenvalue weighted by molar-refractivity contribution is 0.247. The van der Waals surface area contributed by atoms with Gasteiger partial charge >= 0.3 is 6.03 Å². The Bertz CT molecular complexity index is 621. The van der Waals surface area contributed by atoms with Gasteiger partial charge in [0.25, 0.3) is 0 Å². The molecule has 0 radical (unpaired) electrons. The van der Waals surface area contributed by atoms with Gasteiger partial charge in [0.15, 0.2) is 0 Å². The van der Waals surface area contributed by atoms with E-state index >= 15 is 0 Å². The van der Waals surface area contributed by atoms with Crippen LogP contribution in [0.5, 0.6) is 0 Å². The van der Waals surface area contributed by atoms with E-state index in [0.29, 0.717) is 17.3 Å². The van der Waals surface area contributed by atoms with Crippen molar-refractivity contribution in [3.8, 4) is 0 Å². The van der Waals surface area contributed by atoms with Gasteiger partial charge in [-0.1, -0.05) is 11.6 Å². The van der Waals surface area contributed by atoms with Crippen LogP contribution in [-0.4, -0.2) is 21.9 Å². The number of aryl methyl sites for hydroxylation is 2. The standard InChI is InChI=1S/C15H19ClN4O/c1-10-8-12(3)20(19-10)9-11(2)17-15(21)18-14-6-4-13(16)5-7-14/h4-8,11H,9H2,1-3H3,(H2,17,18,21)/t11-/m0/s1. The number of amides is 2. The van der Waals surface area contributed by atoms with Crippen molar-refractivity contribution in [1.29, 1.82) is 0 Å². The quantitative estimate of drug-likeness (QED) is 0.910. The second kappa shape index (κ2) is 6.63. The van der Waals surface area contributed by atoms with Crippen LogP contribution < -0.4 is 10.6 Å². The van der Waals surface area contributed by atoms with Crippen molar-refractivity contribution in [2.24, 2.45) is 0 Å². The maximum Gasteiger partial charge on any atom is 0.319 e. The molecule has 1 heterocycles. The summed E-state index contributed by atoms with van der Waals surface area (Å²) in [5, 5.41) is 10.7. The average molecular weight is 307 g/mol. The van der Waals surface area contributed by atoms with E-state index in [4.69, 9.17) is 11.6 Å². The van der Waals surface area contributed by atoms with Crippen molar-refractivity contribution < 1.29 is 4.79 Å². The van der Waals surface area contributed by atoms with Crippen molar-refractivity contribution in [2.45, 2.75) is 33.4 Å². The maximum absolute atomic E-state index is 11.9. The van der Waals surface area contributed by atoms with Crippen molar-refractivity contribution >= 4 is 23.3 Å². The van der Waals surface area contributed by atoms with Crippen LogP contribution in [0.25, 0.3) is 0 Å². The Morgan fingerprint density at radius 2 is 2.00 bits per heavy atom. The minimum Gasteiger partial charge on any atom is -0.334 e. The van der Waals surface area contributed by atoms with Crippen LogP contribution in [0.3, 0.4) is 0 Å². The Morgan fingerprint density at radius 1 is 1.33 bits per heavy atom. The number of hydrogen-bond acceptors (Lipinski definition) is 2. The first-order valence-electron chi connectivity index (χ1n) is 6.78. The highest BCUT2D eigenvalue weighted by Crippen LogP contribution is 2.13. The summed E-state index contributed by atoms with van der Waals surface area (Å²) >= 11 is 5.80. The summed E-state index contributed by atoms with van der Waals surface area (Å²) in [5.74, 6) is 0. The number of benzene rings is 1. The fourth-order valence-corrected chi connectivity index (χ4v) is 2.21. The molecule has 0 spiro atoms. The first kappa shape index (κ1) is 15.4. The van der Waals surface area contributed by atoms with E-state index in [2.05, 4.69) is 15.7 Å². The van der Waals surface area contributed by atoms with E-state index in [1.54, 1.807) is 24.3 Å². The molecule has 0 unspecified atom stereocenters. The third kappa shape index (κ3) is 4.49. The van der Waals surface area contributed by atoms with Crippen LogP contribution >= 0.6 is 11.6 Å². The number of rotatable bonds is 4. The zero-order valence-corrected chi connectivity index (χ0v) is 13.1. The van der Waals surface area contributed by atoms with Gasteiger partial charge in [-0.05, 0) is 51.1 Å².